The van der Waals surface area contributed by atoms with E-state index >= 15 is 0 Å². The number of primary amides is 1. The lowest BCUT2D eigenvalue weighted by atomic mass is 9.80. The molecule has 0 radical (unpaired) electrons. The molecule has 0 saturated heterocycles. The number of hydrogen-bond acceptors (Lipinski definition) is 8. The van der Waals surface area contributed by atoms with Crippen molar-refractivity contribution in [3.05, 3.63) is 65.0 Å². The highest BCUT2D eigenvalue weighted by atomic mass is 16.4. The molecule has 2 aromatic carbocycles. The first kappa shape index (κ1) is 21.9. The average molecular weight is 457 g/mol. The third kappa shape index (κ3) is 3.76. The molecule has 1 aliphatic heterocycles. The van der Waals surface area contributed by atoms with Crippen LogP contribution < -0.4 is 21.4 Å². The molecule has 0 atom stereocenters. The summed E-state index contributed by atoms with van der Waals surface area (Å²) in [6.07, 6.45) is 0.781. The van der Waals surface area contributed by atoms with Crippen molar-refractivity contribution < 1.29 is 19.3 Å². The van der Waals surface area contributed by atoms with Crippen molar-refractivity contribution in [2.45, 2.75) is 19.9 Å². The second-order valence-corrected chi connectivity index (χ2v) is 8.41. The second-order valence-electron chi connectivity index (χ2n) is 8.41. The van der Waals surface area contributed by atoms with Crippen LogP contribution in [0.2, 0.25) is 0 Å². The first-order valence-corrected chi connectivity index (χ1v) is 11.0. The van der Waals surface area contributed by atoms with Crippen LogP contribution in [0.15, 0.2) is 46.9 Å². The molecule has 5 N–H and O–H groups in total. The molecular formula is C24H24BN5O4. The van der Waals surface area contributed by atoms with E-state index in [-0.39, 0.29) is 0 Å². The van der Waals surface area contributed by atoms with Gasteiger partial charge in [0.25, 0.3) is 5.91 Å². The van der Waals surface area contributed by atoms with Crippen LogP contribution in [0.3, 0.4) is 0 Å². The number of amides is 1. The minimum Gasteiger partial charge on any atom is -0.460 e. The number of hydrogen-bond donors (Lipinski definition) is 4. The van der Waals surface area contributed by atoms with Gasteiger partial charge in [0.2, 0.25) is 0 Å². The third-order valence-corrected chi connectivity index (χ3v) is 6.11. The molecule has 0 fully saturated rings. The van der Waals surface area contributed by atoms with Crippen molar-refractivity contribution >= 4 is 41.0 Å². The summed E-state index contributed by atoms with van der Waals surface area (Å²) in [5.41, 5.74) is 10.2. The molecule has 0 unspecified atom stereocenters. The van der Waals surface area contributed by atoms with Gasteiger partial charge in [0.1, 0.15) is 17.0 Å². The first-order chi connectivity index (χ1) is 16.3. The number of fused-ring (bicyclic) bond motifs is 2. The molecule has 3 heterocycles. The molecule has 0 bridgehead atoms. The van der Waals surface area contributed by atoms with Crippen molar-refractivity contribution in [3.63, 3.8) is 0 Å². The summed E-state index contributed by atoms with van der Waals surface area (Å²) in [4.78, 5) is 23.7. The van der Waals surface area contributed by atoms with Crippen LogP contribution in [0.5, 0.6) is 0 Å². The van der Waals surface area contributed by atoms with Gasteiger partial charge in [-0.25, -0.2) is 9.97 Å². The van der Waals surface area contributed by atoms with Crippen LogP contribution in [-0.2, 0) is 13.0 Å². The van der Waals surface area contributed by atoms with E-state index in [1.807, 2.05) is 26.1 Å². The Labute approximate surface area is 196 Å². The summed E-state index contributed by atoms with van der Waals surface area (Å²) in [7, 11) is 0.476. The predicted octanol–water partition coefficient (Wildman–Crippen LogP) is 1.58. The quantitative estimate of drug-likeness (QED) is 0.320. The summed E-state index contributed by atoms with van der Waals surface area (Å²) < 4.78 is 5.93. The number of carbonyl (C=O) groups excluding carboxylic acids is 1. The molecule has 9 nitrogen and oxygen atoms in total. The first-order valence-electron chi connectivity index (χ1n) is 11.0. The monoisotopic (exact) mass is 457 g/mol. The number of nitrogens with one attached hydrogen (secondary N) is 1. The summed E-state index contributed by atoms with van der Waals surface area (Å²) >= 11 is 0. The van der Waals surface area contributed by atoms with Gasteiger partial charge < -0.3 is 30.4 Å². The number of anilines is 2. The van der Waals surface area contributed by atoms with Crippen molar-refractivity contribution in [2.24, 2.45) is 5.73 Å². The van der Waals surface area contributed by atoms with Gasteiger partial charge in [-0.15, -0.1) is 0 Å². The van der Waals surface area contributed by atoms with E-state index < -0.39 is 13.0 Å². The Hall–Kier alpha value is -3.89. The number of aromatic nitrogens is 2. The fourth-order valence-corrected chi connectivity index (χ4v) is 4.46. The SMILES string of the molecule is Cc1oc2c(C(N)=O)cccc2c1-c1nc2c(c(NCc3cccc(B(O)O)c3)n1)N(C)CC2. The highest BCUT2D eigenvalue weighted by Crippen LogP contribution is 2.39. The lowest BCUT2D eigenvalue weighted by Gasteiger charge is -2.18. The van der Waals surface area contributed by atoms with Gasteiger partial charge in [-0.2, -0.15) is 0 Å². The van der Waals surface area contributed by atoms with Crippen molar-refractivity contribution in [2.75, 3.05) is 23.8 Å². The highest BCUT2D eigenvalue weighted by Gasteiger charge is 2.27. The van der Waals surface area contributed by atoms with E-state index in [0.29, 0.717) is 40.6 Å². The van der Waals surface area contributed by atoms with E-state index in [2.05, 4.69) is 10.2 Å². The van der Waals surface area contributed by atoms with Crippen LogP contribution >= 0.6 is 0 Å². The topological polar surface area (TPSA) is 138 Å². The van der Waals surface area contributed by atoms with E-state index in [4.69, 9.17) is 20.1 Å². The molecule has 1 amide bonds. The smallest absolute Gasteiger partial charge is 0.460 e. The molecule has 2 aromatic heterocycles. The van der Waals surface area contributed by atoms with E-state index in [1.54, 1.807) is 30.3 Å². The number of nitrogens with two attached hydrogens (primary N) is 1. The molecule has 10 heteroatoms. The molecule has 0 aliphatic carbocycles. The molecule has 1 aliphatic rings. The van der Waals surface area contributed by atoms with Crippen molar-refractivity contribution in [1.82, 2.24) is 9.97 Å². The van der Waals surface area contributed by atoms with Crippen LogP contribution in [0.1, 0.15) is 27.4 Å². The second kappa shape index (κ2) is 8.47. The highest BCUT2D eigenvalue weighted by molar-refractivity contribution is 6.58. The van der Waals surface area contributed by atoms with Gasteiger partial charge in [0.15, 0.2) is 11.6 Å². The van der Waals surface area contributed by atoms with Crippen LogP contribution in [0, 0.1) is 6.92 Å². The minimum absolute atomic E-state index is 0.317. The lowest BCUT2D eigenvalue weighted by Crippen LogP contribution is -2.30. The molecule has 0 spiro atoms. The largest absolute Gasteiger partial charge is 0.488 e. The lowest BCUT2D eigenvalue weighted by molar-refractivity contribution is 0.100. The molecule has 0 saturated carbocycles. The molecule has 5 rings (SSSR count). The van der Waals surface area contributed by atoms with Gasteiger partial charge in [-0.05, 0) is 24.0 Å². The number of carbonyl (C=O) groups is 1. The summed E-state index contributed by atoms with van der Waals surface area (Å²) in [6.45, 7) is 3.08. The van der Waals surface area contributed by atoms with Crippen LogP contribution in [0.25, 0.3) is 22.4 Å². The van der Waals surface area contributed by atoms with Gasteiger partial charge in [-0.3, -0.25) is 4.79 Å². The van der Waals surface area contributed by atoms with Gasteiger partial charge in [-0.1, -0.05) is 36.4 Å². The Morgan fingerprint density at radius 2 is 2.03 bits per heavy atom. The Balaban J connectivity index is 1.58. The van der Waals surface area contributed by atoms with E-state index in [1.165, 1.54) is 0 Å². The molecule has 34 heavy (non-hydrogen) atoms. The summed E-state index contributed by atoms with van der Waals surface area (Å²) in [5.74, 6) is 1.23. The Kier molecular flexibility index (Phi) is 5.47. The van der Waals surface area contributed by atoms with Crippen LogP contribution in [-0.4, -0.2) is 46.6 Å². The van der Waals surface area contributed by atoms with Crippen LogP contribution in [0.4, 0.5) is 11.5 Å². The number of furan rings is 1. The number of nitrogens with zero attached hydrogens (tertiary/aromatic N) is 3. The third-order valence-electron chi connectivity index (χ3n) is 6.11. The predicted molar refractivity (Wildman–Crippen MR) is 131 cm³/mol. The summed E-state index contributed by atoms with van der Waals surface area (Å²) in [6, 6.07) is 12.4. The number of benzene rings is 2. The molecule has 4 aromatic rings. The molecule has 172 valence electrons. The van der Waals surface area contributed by atoms with E-state index in [9.17, 15) is 14.8 Å². The zero-order valence-electron chi connectivity index (χ0n) is 18.9. The fourth-order valence-electron chi connectivity index (χ4n) is 4.46. The Morgan fingerprint density at radius 3 is 2.79 bits per heavy atom. The Bertz CT molecular complexity index is 1420. The maximum atomic E-state index is 11.9. The zero-order valence-corrected chi connectivity index (χ0v) is 18.9. The van der Waals surface area contributed by atoms with Gasteiger partial charge >= 0.3 is 7.12 Å². The maximum absolute atomic E-state index is 11.9. The van der Waals surface area contributed by atoms with Gasteiger partial charge in [0.05, 0.1) is 16.8 Å². The van der Waals surface area contributed by atoms with E-state index in [0.717, 1.165) is 40.9 Å². The normalized spacial score (nSPS) is 12.8. The minimum atomic E-state index is -1.52. The molecular weight excluding hydrogens is 433 g/mol. The Morgan fingerprint density at radius 1 is 1.24 bits per heavy atom. The standard InChI is InChI=1S/C24H24BN5O4/c1-13-19(16-7-4-8-17(22(26)31)21(16)34-13)23-28-18-9-10-30(2)20(18)24(29-23)27-12-14-5-3-6-15(11-14)25(32)33/h3-8,11,32-33H,9-10,12H2,1-2H3,(H2,26,31)(H,27,28,29). The van der Waals surface area contributed by atoms with Crippen molar-refractivity contribution in [1.29, 1.82) is 0 Å². The number of likely N-dealkylation sites (N-methyl/N-ethyl adjacent to an activating group) is 1. The van der Waals surface area contributed by atoms with Crippen molar-refractivity contribution in [3.8, 4) is 11.4 Å². The number of rotatable bonds is 6. The summed E-state index contributed by atoms with van der Waals surface area (Å²) in [5, 5.41) is 23.1. The van der Waals surface area contributed by atoms with Gasteiger partial charge in [0, 0.05) is 31.9 Å². The number of para-hydroxylation sites is 1. The number of aryl methyl sites for hydroxylation is 1. The fraction of sp³-hybridized carbons (Fsp3) is 0.208. The average Bonchev–Trinajstić information content (AvgIpc) is 3.36. The zero-order chi connectivity index (χ0) is 24.0. The maximum Gasteiger partial charge on any atom is 0.488 e.